The zero-order valence-corrected chi connectivity index (χ0v) is 15.3. The molecular weight excluding hydrogens is 424 g/mol. The third-order valence-corrected chi connectivity index (χ3v) is 4.92. The number of hydrogen-bond donors (Lipinski definition) is 0. The van der Waals surface area contributed by atoms with Crippen LogP contribution in [0.4, 0.5) is 52.7 Å². The second kappa shape index (κ2) is 7.75. The van der Waals surface area contributed by atoms with E-state index in [2.05, 4.69) is 4.74 Å². The van der Waals surface area contributed by atoms with Crippen LogP contribution >= 0.6 is 0 Å². The van der Waals surface area contributed by atoms with Crippen molar-refractivity contribution >= 4 is 0 Å². The van der Waals surface area contributed by atoms with Gasteiger partial charge in [0.05, 0.1) is 0 Å². The molecule has 0 bridgehead atoms. The highest BCUT2D eigenvalue weighted by molar-refractivity contribution is 5.11. The van der Waals surface area contributed by atoms with Crippen LogP contribution < -0.4 is 0 Å². The van der Waals surface area contributed by atoms with Crippen LogP contribution in [0, 0.1) is 0 Å². The molecule has 0 saturated heterocycles. The maximum Gasteiger partial charge on any atom is 0.456 e. The van der Waals surface area contributed by atoms with E-state index in [1.54, 1.807) is 0 Å². The molecule has 0 amide bonds. The third-order valence-electron chi connectivity index (χ3n) is 4.92. The summed E-state index contributed by atoms with van der Waals surface area (Å²) in [5, 5.41) is 0. The Kier molecular flexibility index (Phi) is 7.51. The minimum atomic E-state index is -6.70. The van der Waals surface area contributed by atoms with Crippen molar-refractivity contribution in [3.8, 4) is 0 Å². The fraction of sp³-hybridized carbons (Fsp3) is 1.00. The molecule has 0 radical (unpaired) electrons. The molecule has 1 atom stereocenters. The molecule has 0 aliphatic rings. The van der Waals surface area contributed by atoms with Gasteiger partial charge in [-0.05, 0) is 25.7 Å². The van der Waals surface area contributed by atoms with Gasteiger partial charge in [-0.25, -0.2) is 8.78 Å². The molecule has 0 aromatic carbocycles. The lowest BCUT2D eigenvalue weighted by Crippen LogP contribution is -2.71. The van der Waals surface area contributed by atoms with Crippen molar-refractivity contribution < 1.29 is 57.4 Å². The molecule has 0 heterocycles. The summed E-state index contributed by atoms with van der Waals surface area (Å²) in [4.78, 5) is 0. The Hall–Kier alpha value is -0.880. The first kappa shape index (κ1) is 27.1. The molecular formula is C15H20F12O. The summed E-state index contributed by atoms with van der Waals surface area (Å²) < 4.78 is 167. The van der Waals surface area contributed by atoms with Crippen LogP contribution in [0.25, 0.3) is 0 Å². The van der Waals surface area contributed by atoms with Gasteiger partial charge in [-0.15, -0.1) is 0 Å². The molecule has 1 unspecified atom stereocenters. The summed E-state index contributed by atoms with van der Waals surface area (Å²) in [5.41, 5.74) is -14.8. The first-order chi connectivity index (χ1) is 12.2. The van der Waals surface area contributed by atoms with Gasteiger partial charge in [-0.1, -0.05) is 27.7 Å². The maximum absolute atomic E-state index is 14.7. The van der Waals surface area contributed by atoms with Crippen molar-refractivity contribution in [1.29, 1.82) is 0 Å². The summed E-state index contributed by atoms with van der Waals surface area (Å²) >= 11 is 0. The Labute approximate surface area is 153 Å². The second-order valence-electron chi connectivity index (χ2n) is 6.22. The molecule has 0 rings (SSSR count). The van der Waals surface area contributed by atoms with E-state index in [0.29, 0.717) is 27.7 Å². The Balaban J connectivity index is 6.75. The van der Waals surface area contributed by atoms with Crippen LogP contribution in [0.2, 0.25) is 0 Å². The van der Waals surface area contributed by atoms with Gasteiger partial charge in [0.2, 0.25) is 0 Å². The maximum atomic E-state index is 14.7. The van der Waals surface area contributed by atoms with Gasteiger partial charge in [0.25, 0.3) is 0 Å². The van der Waals surface area contributed by atoms with Crippen molar-refractivity contribution in [2.75, 3.05) is 0 Å². The van der Waals surface area contributed by atoms with Crippen LogP contribution in [-0.2, 0) is 4.74 Å². The molecule has 0 N–H and O–H groups in total. The molecule has 0 aliphatic carbocycles. The fourth-order valence-corrected chi connectivity index (χ4v) is 2.89. The third kappa shape index (κ3) is 3.79. The molecule has 0 aromatic heterocycles. The number of ether oxygens (including phenoxy) is 1. The largest absolute Gasteiger partial charge is 0.456 e. The SMILES string of the molecule is CCC(F)(CC)C(F)(C(F)(F)F)C(F)(F)OC(CC)(CC)C(F)(F)C(F)(F)F. The summed E-state index contributed by atoms with van der Waals surface area (Å²) in [7, 11) is 0. The zero-order chi connectivity index (χ0) is 23.0. The summed E-state index contributed by atoms with van der Waals surface area (Å²) in [6.07, 6.45) is -25.7. The smallest absolute Gasteiger partial charge is 0.304 e. The standard InChI is InChI=1S/C15H20F12O/c1-5-9(16,6-2)11(17,13(20,21)22)15(26,27)28-10(7-3,8-4)12(18,19)14(23,24)25/h5-8H2,1-4H3. The van der Waals surface area contributed by atoms with E-state index in [9.17, 15) is 52.7 Å². The Bertz CT molecular complexity index is 516. The Morgan fingerprint density at radius 1 is 0.536 bits per heavy atom. The van der Waals surface area contributed by atoms with Crippen molar-refractivity contribution in [3.05, 3.63) is 0 Å². The molecule has 0 saturated carbocycles. The summed E-state index contributed by atoms with van der Waals surface area (Å²) in [6, 6.07) is 0. The van der Waals surface area contributed by atoms with Gasteiger partial charge >= 0.3 is 30.1 Å². The Morgan fingerprint density at radius 2 is 0.893 bits per heavy atom. The van der Waals surface area contributed by atoms with E-state index in [1.807, 2.05) is 0 Å². The van der Waals surface area contributed by atoms with Gasteiger partial charge in [0, 0.05) is 0 Å². The van der Waals surface area contributed by atoms with Gasteiger partial charge in [0.1, 0.15) is 5.60 Å². The highest BCUT2D eigenvalue weighted by atomic mass is 19.4. The topological polar surface area (TPSA) is 9.23 Å². The van der Waals surface area contributed by atoms with Crippen LogP contribution in [0.1, 0.15) is 53.4 Å². The quantitative estimate of drug-likeness (QED) is 0.343. The van der Waals surface area contributed by atoms with E-state index in [1.165, 1.54) is 0 Å². The summed E-state index contributed by atoms with van der Waals surface area (Å²) in [5.74, 6) is -6.09. The molecule has 0 aliphatic heterocycles. The van der Waals surface area contributed by atoms with E-state index < -0.39 is 67.0 Å². The normalized spacial score (nSPS) is 17.6. The first-order valence-corrected chi connectivity index (χ1v) is 8.17. The minimum absolute atomic E-state index is 0.509. The van der Waals surface area contributed by atoms with E-state index in [0.717, 1.165) is 0 Å². The molecule has 170 valence electrons. The molecule has 0 aromatic rings. The minimum Gasteiger partial charge on any atom is -0.304 e. The lowest BCUT2D eigenvalue weighted by Gasteiger charge is -2.48. The molecule has 28 heavy (non-hydrogen) atoms. The van der Waals surface area contributed by atoms with Crippen molar-refractivity contribution in [1.82, 2.24) is 0 Å². The molecule has 0 fully saturated rings. The molecule has 13 heteroatoms. The number of alkyl halides is 12. The van der Waals surface area contributed by atoms with E-state index >= 15 is 0 Å². The van der Waals surface area contributed by atoms with Crippen molar-refractivity contribution in [3.63, 3.8) is 0 Å². The highest BCUT2D eigenvalue weighted by Gasteiger charge is 2.84. The van der Waals surface area contributed by atoms with Crippen LogP contribution in [0.15, 0.2) is 0 Å². The van der Waals surface area contributed by atoms with Crippen LogP contribution in [0.3, 0.4) is 0 Å². The number of hydrogen-bond acceptors (Lipinski definition) is 1. The van der Waals surface area contributed by atoms with Gasteiger partial charge in [-0.3, -0.25) is 0 Å². The molecule has 0 spiro atoms. The zero-order valence-electron chi connectivity index (χ0n) is 15.3. The second-order valence-corrected chi connectivity index (χ2v) is 6.22. The number of rotatable bonds is 9. The van der Waals surface area contributed by atoms with Gasteiger partial charge in [-0.2, -0.15) is 43.9 Å². The van der Waals surface area contributed by atoms with Gasteiger partial charge in [0.15, 0.2) is 5.67 Å². The van der Waals surface area contributed by atoms with Crippen molar-refractivity contribution in [2.45, 2.75) is 94.7 Å². The van der Waals surface area contributed by atoms with Crippen LogP contribution in [0.5, 0.6) is 0 Å². The lowest BCUT2D eigenvalue weighted by atomic mass is 9.79. The number of halogens is 12. The van der Waals surface area contributed by atoms with E-state index in [-0.39, 0.29) is 0 Å². The monoisotopic (exact) mass is 444 g/mol. The van der Waals surface area contributed by atoms with Gasteiger partial charge < -0.3 is 4.74 Å². The average molecular weight is 444 g/mol. The predicted molar refractivity (Wildman–Crippen MR) is 74.7 cm³/mol. The van der Waals surface area contributed by atoms with Crippen LogP contribution in [-0.4, -0.2) is 41.3 Å². The Morgan fingerprint density at radius 3 is 1.11 bits per heavy atom. The van der Waals surface area contributed by atoms with Crippen molar-refractivity contribution in [2.24, 2.45) is 0 Å². The molecule has 1 nitrogen and oxygen atoms in total. The average Bonchev–Trinajstić information content (AvgIpc) is 2.55. The fourth-order valence-electron chi connectivity index (χ4n) is 2.89. The van der Waals surface area contributed by atoms with E-state index in [4.69, 9.17) is 0 Å². The lowest BCUT2D eigenvalue weighted by molar-refractivity contribution is -0.461. The summed E-state index contributed by atoms with van der Waals surface area (Å²) in [6.45, 7) is 2.18. The first-order valence-electron chi connectivity index (χ1n) is 8.17. The highest BCUT2D eigenvalue weighted by Crippen LogP contribution is 2.59. The predicted octanol–water partition coefficient (Wildman–Crippen LogP) is 7.15.